The van der Waals surface area contributed by atoms with Gasteiger partial charge in [-0.3, -0.25) is 4.79 Å². The van der Waals surface area contributed by atoms with Crippen molar-refractivity contribution < 1.29 is 9.53 Å². The number of carbonyl (C=O) groups is 1. The first kappa shape index (κ1) is 9.26. The molecule has 0 heterocycles. The first-order chi connectivity index (χ1) is 5.75. The molecule has 1 amide bonds. The second-order valence-corrected chi connectivity index (χ2v) is 2.98. The average molecular weight is 169 g/mol. The molecule has 1 N–H and O–H groups in total. The Morgan fingerprint density at radius 1 is 1.67 bits per heavy atom. The Morgan fingerprint density at radius 2 is 2.33 bits per heavy atom. The van der Waals surface area contributed by atoms with E-state index in [0.717, 1.165) is 12.8 Å². The lowest BCUT2D eigenvalue weighted by molar-refractivity contribution is -0.133. The topological polar surface area (TPSA) is 38.3 Å². The van der Waals surface area contributed by atoms with Crippen LogP contribution >= 0.6 is 0 Å². The zero-order valence-corrected chi connectivity index (χ0v) is 7.59. The van der Waals surface area contributed by atoms with Crippen molar-refractivity contribution in [1.82, 2.24) is 5.32 Å². The lowest BCUT2D eigenvalue weighted by Crippen LogP contribution is -2.37. The summed E-state index contributed by atoms with van der Waals surface area (Å²) in [6, 6.07) is 0. The quantitative estimate of drug-likeness (QED) is 0.634. The number of amides is 1. The van der Waals surface area contributed by atoms with Gasteiger partial charge in [0.1, 0.15) is 5.60 Å². The van der Waals surface area contributed by atoms with Crippen LogP contribution in [0.3, 0.4) is 0 Å². The zero-order valence-electron chi connectivity index (χ0n) is 7.59. The van der Waals surface area contributed by atoms with Crippen LogP contribution in [0.5, 0.6) is 0 Å². The number of rotatable bonds is 4. The molecule has 0 atom stereocenters. The fourth-order valence-corrected chi connectivity index (χ4v) is 1.07. The first-order valence-electron chi connectivity index (χ1n) is 4.20. The molecule has 3 nitrogen and oxygen atoms in total. The van der Waals surface area contributed by atoms with Crippen LogP contribution in [0.4, 0.5) is 0 Å². The van der Waals surface area contributed by atoms with E-state index in [2.05, 4.69) is 5.32 Å². The number of hydrogen-bond acceptors (Lipinski definition) is 2. The Morgan fingerprint density at radius 3 is 2.75 bits per heavy atom. The third-order valence-electron chi connectivity index (χ3n) is 2.12. The molecule has 0 unspecified atom stereocenters. The van der Waals surface area contributed by atoms with Gasteiger partial charge in [-0.2, -0.15) is 0 Å². The Kier molecular flexibility index (Phi) is 2.87. The summed E-state index contributed by atoms with van der Waals surface area (Å²) >= 11 is 0. The number of ether oxygens (including phenoxy) is 1. The Hall–Kier alpha value is -0.830. The molecule has 0 spiro atoms. The van der Waals surface area contributed by atoms with E-state index >= 15 is 0 Å². The van der Waals surface area contributed by atoms with Crippen LogP contribution in [0.25, 0.3) is 0 Å². The van der Waals surface area contributed by atoms with Crippen molar-refractivity contribution in [2.45, 2.75) is 25.4 Å². The molecule has 0 radical (unpaired) electrons. The van der Waals surface area contributed by atoms with E-state index in [9.17, 15) is 4.79 Å². The van der Waals surface area contributed by atoms with Crippen molar-refractivity contribution in [1.29, 1.82) is 0 Å². The fraction of sp³-hybridized carbons (Fsp3) is 0.667. The van der Waals surface area contributed by atoms with Crippen LogP contribution in [0.2, 0.25) is 0 Å². The number of methoxy groups -OCH3 is 1. The number of allylic oxidation sites excluding steroid dienone is 1. The summed E-state index contributed by atoms with van der Waals surface area (Å²) in [6.45, 7) is 2.52. The van der Waals surface area contributed by atoms with E-state index in [4.69, 9.17) is 4.74 Å². The summed E-state index contributed by atoms with van der Waals surface area (Å²) in [6.07, 6.45) is 5.52. The van der Waals surface area contributed by atoms with Gasteiger partial charge in [0.15, 0.2) is 0 Å². The van der Waals surface area contributed by atoms with Crippen molar-refractivity contribution in [2.24, 2.45) is 0 Å². The number of hydrogen-bond donors (Lipinski definition) is 1. The van der Waals surface area contributed by atoms with Gasteiger partial charge in [-0.15, -0.1) is 0 Å². The number of carbonyl (C=O) groups excluding carboxylic acids is 1. The first-order valence-corrected chi connectivity index (χ1v) is 4.20. The maximum atomic E-state index is 11.4. The van der Waals surface area contributed by atoms with E-state index in [-0.39, 0.29) is 5.91 Å². The van der Waals surface area contributed by atoms with Gasteiger partial charge in [0, 0.05) is 13.7 Å². The number of nitrogens with one attached hydrogen (secondary N) is 1. The molecule has 0 aromatic carbocycles. The van der Waals surface area contributed by atoms with Crippen molar-refractivity contribution in [3.05, 3.63) is 12.2 Å². The monoisotopic (exact) mass is 169 g/mol. The van der Waals surface area contributed by atoms with Gasteiger partial charge in [0.2, 0.25) is 0 Å². The second kappa shape index (κ2) is 3.72. The minimum absolute atomic E-state index is 0.0168. The molecule has 1 fully saturated rings. The van der Waals surface area contributed by atoms with Crippen LogP contribution in [0.15, 0.2) is 12.2 Å². The molecule has 0 aromatic rings. The summed E-state index contributed by atoms with van der Waals surface area (Å²) in [5.74, 6) is 0.0168. The van der Waals surface area contributed by atoms with Gasteiger partial charge >= 0.3 is 0 Å². The van der Waals surface area contributed by atoms with Crippen molar-refractivity contribution in [3.63, 3.8) is 0 Å². The summed E-state index contributed by atoms with van der Waals surface area (Å²) in [5, 5.41) is 2.79. The van der Waals surface area contributed by atoms with Crippen LogP contribution < -0.4 is 5.32 Å². The summed E-state index contributed by atoms with van der Waals surface area (Å²) < 4.78 is 5.11. The average Bonchev–Trinajstić information content (AvgIpc) is 2.85. The highest BCUT2D eigenvalue weighted by atomic mass is 16.5. The molecular formula is C9H15NO2. The van der Waals surface area contributed by atoms with E-state index in [1.807, 2.05) is 19.1 Å². The van der Waals surface area contributed by atoms with Gasteiger partial charge in [-0.25, -0.2) is 0 Å². The van der Waals surface area contributed by atoms with Crippen LogP contribution in [-0.2, 0) is 9.53 Å². The van der Waals surface area contributed by atoms with Gasteiger partial charge in [0.05, 0.1) is 0 Å². The van der Waals surface area contributed by atoms with Crippen LogP contribution in [0.1, 0.15) is 19.8 Å². The predicted octanol–water partition coefficient (Wildman–Crippen LogP) is 0.858. The molecule has 68 valence electrons. The maximum Gasteiger partial charge on any atom is 0.252 e. The normalized spacial score (nSPS) is 19.5. The Balaban J connectivity index is 2.29. The van der Waals surface area contributed by atoms with Crippen molar-refractivity contribution in [3.8, 4) is 0 Å². The highest BCUT2D eigenvalue weighted by Crippen LogP contribution is 2.38. The predicted molar refractivity (Wildman–Crippen MR) is 46.8 cm³/mol. The van der Waals surface area contributed by atoms with E-state index in [1.54, 1.807) is 7.11 Å². The minimum atomic E-state index is -0.485. The van der Waals surface area contributed by atoms with Crippen LogP contribution in [-0.4, -0.2) is 25.2 Å². The highest BCUT2D eigenvalue weighted by molar-refractivity contribution is 5.88. The van der Waals surface area contributed by atoms with Gasteiger partial charge < -0.3 is 10.1 Å². The van der Waals surface area contributed by atoms with E-state index in [1.165, 1.54) is 0 Å². The lowest BCUT2D eigenvalue weighted by Gasteiger charge is -2.11. The SMILES string of the molecule is C/C=C/CNC(=O)C1(OC)CC1. The maximum absolute atomic E-state index is 11.4. The van der Waals surface area contributed by atoms with Crippen molar-refractivity contribution >= 4 is 5.91 Å². The lowest BCUT2D eigenvalue weighted by atomic mass is 10.3. The van der Waals surface area contributed by atoms with Gasteiger partial charge in [-0.05, 0) is 19.8 Å². The Labute approximate surface area is 72.8 Å². The molecular weight excluding hydrogens is 154 g/mol. The summed E-state index contributed by atoms with van der Waals surface area (Å²) in [5.41, 5.74) is -0.485. The molecule has 1 aliphatic carbocycles. The largest absolute Gasteiger partial charge is 0.368 e. The molecule has 0 aromatic heterocycles. The van der Waals surface area contributed by atoms with Gasteiger partial charge in [-0.1, -0.05) is 12.2 Å². The minimum Gasteiger partial charge on any atom is -0.368 e. The van der Waals surface area contributed by atoms with E-state index in [0.29, 0.717) is 6.54 Å². The molecule has 1 aliphatic rings. The smallest absolute Gasteiger partial charge is 0.252 e. The van der Waals surface area contributed by atoms with E-state index < -0.39 is 5.60 Å². The molecule has 0 saturated heterocycles. The third kappa shape index (κ3) is 1.85. The van der Waals surface area contributed by atoms with Gasteiger partial charge in [0.25, 0.3) is 5.91 Å². The van der Waals surface area contributed by atoms with Crippen LogP contribution in [0, 0.1) is 0 Å². The molecule has 12 heavy (non-hydrogen) atoms. The molecule has 1 saturated carbocycles. The second-order valence-electron chi connectivity index (χ2n) is 2.98. The Bertz CT molecular complexity index is 195. The highest BCUT2D eigenvalue weighted by Gasteiger charge is 2.50. The zero-order chi connectivity index (χ0) is 9.03. The third-order valence-corrected chi connectivity index (χ3v) is 2.12. The molecule has 3 heteroatoms. The summed E-state index contributed by atoms with van der Waals surface area (Å²) in [7, 11) is 1.59. The van der Waals surface area contributed by atoms with Crippen molar-refractivity contribution in [2.75, 3.05) is 13.7 Å². The molecule has 1 rings (SSSR count). The molecule has 0 aliphatic heterocycles. The summed E-state index contributed by atoms with van der Waals surface area (Å²) in [4.78, 5) is 11.4. The standard InChI is InChI=1S/C9H15NO2/c1-3-4-7-10-8(11)9(12-2)5-6-9/h3-4H,5-7H2,1-2H3,(H,10,11)/b4-3+. The molecule has 0 bridgehead atoms. The fourth-order valence-electron chi connectivity index (χ4n) is 1.07.